The number of anilines is 2. The maximum Gasteiger partial charge on any atom is 0.265 e. The van der Waals surface area contributed by atoms with E-state index in [4.69, 9.17) is 4.74 Å². The fourth-order valence-electron chi connectivity index (χ4n) is 2.45. The summed E-state index contributed by atoms with van der Waals surface area (Å²) < 4.78 is 5.72. The van der Waals surface area contributed by atoms with Gasteiger partial charge in [0.25, 0.3) is 11.8 Å². The molecule has 2 N–H and O–H groups in total. The number of benzene rings is 2. The smallest absolute Gasteiger partial charge is 0.265 e. The van der Waals surface area contributed by atoms with Gasteiger partial charge in [0.05, 0.1) is 0 Å². The molecule has 0 bridgehead atoms. The molecule has 28 heavy (non-hydrogen) atoms. The molecule has 3 rings (SSSR count). The molecule has 2 aromatic carbocycles. The number of hydrogen-bond donors (Lipinski definition) is 2. The van der Waals surface area contributed by atoms with Crippen LogP contribution in [0.15, 0.2) is 54.0 Å². The van der Waals surface area contributed by atoms with Crippen LogP contribution >= 0.6 is 11.3 Å². The largest absolute Gasteiger partial charge is 0.481 e. The van der Waals surface area contributed by atoms with Gasteiger partial charge >= 0.3 is 0 Å². The molecule has 1 atom stereocenters. The third-order valence-corrected chi connectivity index (χ3v) is 4.92. The first-order valence-electron chi connectivity index (χ1n) is 8.78. The summed E-state index contributed by atoms with van der Waals surface area (Å²) in [7, 11) is 0. The van der Waals surface area contributed by atoms with Crippen LogP contribution in [0.3, 0.4) is 0 Å². The van der Waals surface area contributed by atoms with Crippen molar-refractivity contribution in [1.29, 1.82) is 0 Å². The Kier molecular flexibility index (Phi) is 6.06. The third kappa shape index (κ3) is 4.95. The minimum Gasteiger partial charge on any atom is -0.481 e. The molecule has 0 saturated carbocycles. The van der Waals surface area contributed by atoms with E-state index in [-0.39, 0.29) is 11.8 Å². The molecule has 2 amide bonds. The summed E-state index contributed by atoms with van der Waals surface area (Å²) in [4.78, 5) is 28.6. The van der Waals surface area contributed by atoms with Gasteiger partial charge in [-0.15, -0.1) is 11.3 Å². The monoisotopic (exact) mass is 395 g/mol. The number of rotatable bonds is 6. The molecule has 0 radical (unpaired) electrons. The van der Waals surface area contributed by atoms with Crippen LogP contribution in [0.25, 0.3) is 0 Å². The molecule has 7 heteroatoms. The standard InChI is InChI=1S/C21H21N3O3S/c1-13-4-9-18(12-14(13)2)27-15(3)19(25)23-17-7-5-16(6-8-17)20(26)24-21-22-10-11-28-21/h4-12,15H,1-3H3,(H,23,25)(H,22,24,26). The van der Waals surface area contributed by atoms with Gasteiger partial charge in [0.15, 0.2) is 11.2 Å². The van der Waals surface area contributed by atoms with Gasteiger partial charge in [0.1, 0.15) is 5.75 Å². The molecule has 0 fully saturated rings. The average Bonchev–Trinajstić information content (AvgIpc) is 3.18. The summed E-state index contributed by atoms with van der Waals surface area (Å²) in [5.74, 6) is 0.137. The first-order valence-corrected chi connectivity index (χ1v) is 9.66. The van der Waals surface area contributed by atoms with Crippen LogP contribution < -0.4 is 15.4 Å². The molecule has 1 heterocycles. The van der Waals surface area contributed by atoms with E-state index in [0.29, 0.717) is 22.1 Å². The lowest BCUT2D eigenvalue weighted by molar-refractivity contribution is -0.122. The lowest BCUT2D eigenvalue weighted by Crippen LogP contribution is -2.30. The first-order chi connectivity index (χ1) is 13.4. The van der Waals surface area contributed by atoms with Crippen LogP contribution in [0.4, 0.5) is 10.8 Å². The Balaban J connectivity index is 1.57. The highest BCUT2D eigenvalue weighted by atomic mass is 32.1. The Hall–Kier alpha value is -3.19. The van der Waals surface area contributed by atoms with Gasteiger partial charge in [0.2, 0.25) is 0 Å². The Morgan fingerprint density at radius 1 is 1.04 bits per heavy atom. The van der Waals surface area contributed by atoms with E-state index < -0.39 is 6.10 Å². The number of amides is 2. The van der Waals surface area contributed by atoms with E-state index in [1.54, 1.807) is 42.8 Å². The van der Waals surface area contributed by atoms with Crippen LogP contribution in [0.5, 0.6) is 5.75 Å². The summed E-state index contributed by atoms with van der Waals surface area (Å²) in [6, 6.07) is 12.4. The molecule has 3 aromatic rings. The zero-order valence-electron chi connectivity index (χ0n) is 15.9. The molecule has 144 valence electrons. The SMILES string of the molecule is Cc1ccc(OC(C)C(=O)Nc2ccc(C(=O)Nc3nccs3)cc2)cc1C. The van der Waals surface area contributed by atoms with Crippen molar-refractivity contribution in [2.24, 2.45) is 0 Å². The minimum atomic E-state index is -0.657. The van der Waals surface area contributed by atoms with Crippen molar-refractivity contribution >= 4 is 34.0 Å². The average molecular weight is 395 g/mol. The minimum absolute atomic E-state index is 0.251. The Morgan fingerprint density at radius 2 is 1.79 bits per heavy atom. The molecule has 0 aliphatic rings. The number of hydrogen-bond acceptors (Lipinski definition) is 5. The van der Waals surface area contributed by atoms with Crippen LogP contribution in [-0.2, 0) is 4.79 Å². The fraction of sp³-hybridized carbons (Fsp3) is 0.190. The molecule has 1 aromatic heterocycles. The summed E-state index contributed by atoms with van der Waals surface area (Å²) in [5, 5.41) is 7.84. The normalized spacial score (nSPS) is 11.5. The third-order valence-electron chi connectivity index (χ3n) is 4.23. The van der Waals surface area contributed by atoms with Crippen molar-refractivity contribution in [3.63, 3.8) is 0 Å². The second-order valence-corrected chi connectivity index (χ2v) is 7.26. The molecule has 0 saturated heterocycles. The molecule has 1 unspecified atom stereocenters. The van der Waals surface area contributed by atoms with Gasteiger partial charge in [-0.3, -0.25) is 14.9 Å². The van der Waals surface area contributed by atoms with Gasteiger partial charge in [-0.05, 0) is 68.3 Å². The van der Waals surface area contributed by atoms with E-state index in [2.05, 4.69) is 15.6 Å². The Labute approximate surface area is 167 Å². The second kappa shape index (κ2) is 8.67. The van der Waals surface area contributed by atoms with Gasteiger partial charge < -0.3 is 10.1 Å². The van der Waals surface area contributed by atoms with Crippen molar-refractivity contribution in [3.8, 4) is 5.75 Å². The molecular formula is C21H21N3O3S. The van der Waals surface area contributed by atoms with Gasteiger partial charge in [-0.25, -0.2) is 4.98 Å². The lowest BCUT2D eigenvalue weighted by Gasteiger charge is -2.15. The molecule has 0 spiro atoms. The predicted molar refractivity (Wildman–Crippen MR) is 111 cm³/mol. The van der Waals surface area contributed by atoms with E-state index in [9.17, 15) is 9.59 Å². The molecule has 6 nitrogen and oxygen atoms in total. The zero-order valence-corrected chi connectivity index (χ0v) is 16.7. The summed E-state index contributed by atoms with van der Waals surface area (Å²) in [5.41, 5.74) is 3.35. The van der Waals surface area contributed by atoms with Crippen molar-refractivity contribution in [2.45, 2.75) is 26.9 Å². The van der Waals surface area contributed by atoms with Crippen LogP contribution in [-0.4, -0.2) is 22.9 Å². The molecule has 0 aliphatic heterocycles. The van der Waals surface area contributed by atoms with Crippen molar-refractivity contribution in [1.82, 2.24) is 4.98 Å². The fourth-order valence-corrected chi connectivity index (χ4v) is 2.97. The summed E-state index contributed by atoms with van der Waals surface area (Å²) in [6.07, 6.45) is 0.968. The van der Waals surface area contributed by atoms with Crippen molar-refractivity contribution < 1.29 is 14.3 Å². The number of nitrogens with zero attached hydrogens (tertiary/aromatic N) is 1. The van der Waals surface area contributed by atoms with Crippen LogP contribution in [0.1, 0.15) is 28.4 Å². The number of aryl methyl sites for hydroxylation is 2. The molecular weight excluding hydrogens is 374 g/mol. The van der Waals surface area contributed by atoms with Crippen molar-refractivity contribution in [2.75, 3.05) is 10.6 Å². The van der Waals surface area contributed by atoms with Crippen LogP contribution in [0, 0.1) is 13.8 Å². The first kappa shape index (κ1) is 19.6. The molecule has 0 aliphatic carbocycles. The van der Waals surface area contributed by atoms with Gasteiger partial charge in [-0.1, -0.05) is 6.07 Å². The number of carbonyl (C=O) groups excluding carboxylic acids is 2. The highest BCUT2D eigenvalue weighted by molar-refractivity contribution is 7.13. The van der Waals surface area contributed by atoms with Crippen molar-refractivity contribution in [3.05, 3.63) is 70.7 Å². The summed E-state index contributed by atoms with van der Waals surface area (Å²) in [6.45, 7) is 5.72. The second-order valence-electron chi connectivity index (χ2n) is 6.36. The van der Waals surface area contributed by atoms with E-state index >= 15 is 0 Å². The van der Waals surface area contributed by atoms with E-state index in [1.165, 1.54) is 16.9 Å². The highest BCUT2D eigenvalue weighted by Gasteiger charge is 2.15. The number of carbonyl (C=O) groups is 2. The van der Waals surface area contributed by atoms with Gasteiger partial charge in [0, 0.05) is 22.8 Å². The number of aromatic nitrogens is 1. The number of nitrogens with one attached hydrogen (secondary N) is 2. The predicted octanol–water partition coefficient (Wildman–Crippen LogP) is 4.42. The highest BCUT2D eigenvalue weighted by Crippen LogP contribution is 2.19. The Bertz CT molecular complexity index is 969. The quantitative estimate of drug-likeness (QED) is 0.647. The maximum absolute atomic E-state index is 12.4. The number of thiazole rings is 1. The van der Waals surface area contributed by atoms with Crippen LogP contribution in [0.2, 0.25) is 0 Å². The van der Waals surface area contributed by atoms with E-state index in [0.717, 1.165) is 5.56 Å². The zero-order chi connectivity index (χ0) is 20.1. The van der Waals surface area contributed by atoms with Gasteiger partial charge in [-0.2, -0.15) is 0 Å². The Morgan fingerprint density at radius 3 is 2.43 bits per heavy atom. The topological polar surface area (TPSA) is 80.3 Å². The van der Waals surface area contributed by atoms with E-state index in [1.807, 2.05) is 32.0 Å². The lowest BCUT2D eigenvalue weighted by atomic mass is 10.1. The summed E-state index contributed by atoms with van der Waals surface area (Å²) >= 11 is 1.35. The maximum atomic E-state index is 12.4. The number of ether oxygens (including phenoxy) is 1.